The molecule has 0 N–H and O–H groups in total. The topological polar surface area (TPSA) is 130 Å². The number of hydrogen-bond donors (Lipinski definition) is 0. The third kappa shape index (κ3) is 7.23. The summed E-state index contributed by atoms with van der Waals surface area (Å²) in [6.45, 7) is 0. The molecule has 0 spiro atoms. The molecule has 1 rings (SSSR count). The third-order valence-electron chi connectivity index (χ3n) is 2.34. The van der Waals surface area contributed by atoms with E-state index in [0.717, 1.165) is 0 Å². The Morgan fingerprint density at radius 2 is 0.800 bits per heavy atom. The minimum Gasteiger partial charge on any atom is -0.194 e. The first-order chi connectivity index (χ1) is 13.0. The summed E-state index contributed by atoms with van der Waals surface area (Å²) in [5, 5.41) is 0. The van der Waals surface area contributed by atoms with Crippen LogP contribution in [0.1, 0.15) is 0 Å². The quantitative estimate of drug-likeness (QED) is 0.408. The number of halogens is 9. The molecule has 0 aromatic heterocycles. The van der Waals surface area contributed by atoms with Crippen molar-refractivity contribution in [2.75, 3.05) is 0 Å². The van der Waals surface area contributed by atoms with Crippen LogP contribution in [0.25, 0.3) is 0 Å². The van der Waals surface area contributed by atoms with Crippen molar-refractivity contribution in [3.8, 4) is 0 Å². The average molecular weight is 522 g/mol. The van der Waals surface area contributed by atoms with Gasteiger partial charge in [0, 0.05) is 0 Å². The van der Waals surface area contributed by atoms with Gasteiger partial charge in [-0.25, -0.2) is 0 Å². The predicted molar refractivity (Wildman–Crippen MR) is 69.4 cm³/mol. The van der Waals surface area contributed by atoms with Crippen molar-refractivity contribution < 1.29 is 77.3 Å². The molecule has 0 aliphatic rings. The summed E-state index contributed by atoms with van der Waals surface area (Å²) >= 11 is 0. The van der Waals surface area contributed by atoms with E-state index in [-0.39, 0.29) is 18.2 Å². The van der Waals surface area contributed by atoms with E-state index in [0.29, 0.717) is 0 Å². The van der Waals surface area contributed by atoms with Crippen LogP contribution in [0.4, 0.5) is 39.5 Å². The lowest BCUT2D eigenvalue weighted by molar-refractivity contribution is -0.274. The van der Waals surface area contributed by atoms with E-state index in [4.69, 9.17) is 0 Å². The zero-order valence-electron chi connectivity index (χ0n) is 13.0. The van der Waals surface area contributed by atoms with E-state index in [1.807, 2.05) is 0 Å². The Kier molecular flexibility index (Phi) is 6.84. The second-order valence-electron chi connectivity index (χ2n) is 4.53. The minimum atomic E-state index is -6.73. The highest BCUT2D eigenvalue weighted by atomic mass is 32.2. The van der Waals surface area contributed by atoms with E-state index < -0.39 is 64.1 Å². The normalized spacial score (nSPS) is 14.7. The smallest absolute Gasteiger partial charge is 0.194 e. The molecule has 0 bridgehead atoms. The average Bonchev–Trinajstić information content (AvgIpc) is 2.38. The molecule has 0 fully saturated rings. The fourth-order valence-electron chi connectivity index (χ4n) is 1.64. The fraction of sp³-hybridized carbons (Fsp3) is 0.333. The van der Waals surface area contributed by atoms with Crippen LogP contribution in [0.15, 0.2) is 32.9 Å². The Bertz CT molecular complexity index is 1050. The first-order valence-electron chi connectivity index (χ1n) is 6.17. The van der Waals surface area contributed by atoms with Crippen LogP contribution in [-0.4, -0.2) is 44.3 Å². The predicted octanol–water partition coefficient (Wildman–Crippen LogP) is 2.36. The van der Waals surface area contributed by atoms with Gasteiger partial charge in [-0.3, -0.25) is 0 Å². The summed E-state index contributed by atoms with van der Waals surface area (Å²) < 4.78 is 188. The van der Waals surface area contributed by atoms with E-state index in [1.54, 1.807) is 0 Å². The van der Waals surface area contributed by atoms with Crippen LogP contribution >= 0.6 is 0 Å². The monoisotopic (exact) mass is 522 g/mol. The molecule has 0 aliphatic heterocycles. The first-order valence-corrected chi connectivity index (χ1v) is 10.4. The molecule has 1 aromatic carbocycles. The molecule has 0 amide bonds. The molecule has 0 saturated heterocycles. The molecular formula is C9H3F9O9S3. The van der Waals surface area contributed by atoms with Crippen LogP contribution in [0.2, 0.25) is 0 Å². The van der Waals surface area contributed by atoms with E-state index in [2.05, 4.69) is 12.5 Å². The maximum Gasteiger partial charge on any atom is 0.537 e. The largest absolute Gasteiger partial charge is 0.537 e. The van der Waals surface area contributed by atoms with Gasteiger partial charge in [-0.05, 0) is 12.1 Å². The molecular weight excluding hydrogens is 519 g/mol. The van der Waals surface area contributed by atoms with Gasteiger partial charge >= 0.3 is 49.4 Å². The first kappa shape index (κ1) is 26.4. The summed E-state index contributed by atoms with van der Waals surface area (Å²) in [5.41, 5.74) is 0. The molecule has 0 saturated carbocycles. The van der Waals surface area contributed by atoms with Crippen molar-refractivity contribution in [1.82, 2.24) is 0 Å². The summed E-state index contributed by atoms with van der Waals surface area (Å²) in [6.07, 6.45) is -18.4. The lowest BCUT2D eigenvalue weighted by Gasteiger charge is -2.17. The molecule has 1 aromatic rings. The molecule has 174 valence electrons. The van der Waals surface area contributed by atoms with Gasteiger partial charge in [0.1, 0.15) is 14.7 Å². The summed E-state index contributed by atoms with van der Waals surface area (Å²) in [4.78, 5) is -7.68. The number of hydrogen-bond acceptors (Lipinski definition) is 9. The van der Waals surface area contributed by atoms with E-state index in [1.165, 1.54) is 0 Å². The van der Waals surface area contributed by atoms with Gasteiger partial charge in [0.2, 0.25) is 0 Å². The van der Waals surface area contributed by atoms with E-state index in [9.17, 15) is 64.8 Å². The molecule has 0 heterocycles. The van der Waals surface area contributed by atoms with Crippen LogP contribution in [0.5, 0.6) is 0 Å². The zero-order valence-corrected chi connectivity index (χ0v) is 15.5. The van der Waals surface area contributed by atoms with Gasteiger partial charge in [0.05, 0.1) is 0 Å². The molecule has 30 heavy (non-hydrogen) atoms. The Morgan fingerprint density at radius 3 is 1.07 bits per heavy atom. The lowest BCUT2D eigenvalue weighted by Crippen LogP contribution is -2.27. The standard InChI is InChI=1S/C9H3F9O9S3/c10-7(11,12)25-28(19,20)4-2-1-3-5(29(21,22)26-8(13,14)15)6(4)30(23,24)27-9(16,17)18/h1-3H. The van der Waals surface area contributed by atoms with Gasteiger partial charge in [-0.15, -0.1) is 39.5 Å². The van der Waals surface area contributed by atoms with Crippen LogP contribution in [-0.2, 0) is 42.9 Å². The maximum atomic E-state index is 12.3. The highest BCUT2D eigenvalue weighted by molar-refractivity contribution is 7.91. The number of rotatable bonds is 6. The van der Waals surface area contributed by atoms with Crippen LogP contribution < -0.4 is 0 Å². The molecule has 0 atom stereocenters. The SMILES string of the molecule is O=S(=O)(OC(F)(F)F)c1cccc(S(=O)(=O)OC(F)(F)F)c1S(=O)(=O)OC(F)(F)F. The Balaban J connectivity index is 4.00. The van der Waals surface area contributed by atoms with Gasteiger partial charge < -0.3 is 0 Å². The fourth-order valence-corrected chi connectivity index (χ4v) is 5.73. The van der Waals surface area contributed by atoms with Crippen molar-refractivity contribution in [2.45, 2.75) is 33.8 Å². The molecule has 0 aliphatic carbocycles. The van der Waals surface area contributed by atoms with Crippen LogP contribution in [0.3, 0.4) is 0 Å². The minimum absolute atomic E-state index is 0.0752. The second kappa shape index (κ2) is 7.78. The summed E-state index contributed by atoms with van der Waals surface area (Å²) in [5.74, 6) is 0. The molecule has 21 heteroatoms. The van der Waals surface area contributed by atoms with Crippen molar-refractivity contribution in [3.05, 3.63) is 18.2 Å². The molecule has 0 radical (unpaired) electrons. The third-order valence-corrected chi connectivity index (χ3v) is 6.53. The number of benzene rings is 1. The van der Waals surface area contributed by atoms with Crippen molar-refractivity contribution in [3.63, 3.8) is 0 Å². The van der Waals surface area contributed by atoms with E-state index >= 15 is 0 Å². The Labute approximate surface area is 160 Å². The highest BCUT2D eigenvalue weighted by Crippen LogP contribution is 2.37. The lowest BCUT2D eigenvalue weighted by atomic mass is 10.4. The van der Waals surface area contributed by atoms with Gasteiger partial charge in [-0.2, -0.15) is 37.8 Å². The zero-order chi connectivity index (χ0) is 24.0. The summed E-state index contributed by atoms with van der Waals surface area (Å²) in [6, 6.07) is -0.341. The van der Waals surface area contributed by atoms with Gasteiger partial charge in [0.25, 0.3) is 0 Å². The summed E-state index contributed by atoms with van der Waals surface area (Å²) in [7, 11) is -19.7. The van der Waals surface area contributed by atoms with Crippen molar-refractivity contribution in [2.24, 2.45) is 0 Å². The maximum absolute atomic E-state index is 12.3. The molecule has 0 unspecified atom stereocenters. The van der Waals surface area contributed by atoms with Crippen LogP contribution in [0, 0.1) is 0 Å². The Morgan fingerprint density at radius 1 is 0.533 bits per heavy atom. The second-order valence-corrected chi connectivity index (χ2v) is 9.05. The number of alkyl halides is 9. The Hall–Kier alpha value is -1.68. The van der Waals surface area contributed by atoms with Gasteiger partial charge in [-0.1, -0.05) is 6.07 Å². The molecule has 9 nitrogen and oxygen atoms in total. The van der Waals surface area contributed by atoms with Gasteiger partial charge in [0.15, 0.2) is 0 Å². The highest BCUT2D eigenvalue weighted by Gasteiger charge is 2.47. The van der Waals surface area contributed by atoms with Crippen molar-refractivity contribution >= 4 is 30.4 Å². The van der Waals surface area contributed by atoms with Crippen molar-refractivity contribution in [1.29, 1.82) is 0 Å².